The minimum Gasteiger partial charge on any atom is -0.354 e. The molecule has 0 fully saturated rings. The largest absolute Gasteiger partial charge is 0.354 e. The van der Waals surface area contributed by atoms with E-state index in [0.29, 0.717) is 6.42 Å². The number of benzene rings is 2. The van der Waals surface area contributed by atoms with Gasteiger partial charge in [0.05, 0.1) is 11.7 Å². The third-order valence-electron chi connectivity index (χ3n) is 5.99. The van der Waals surface area contributed by atoms with E-state index in [1.165, 1.54) is 33.1 Å². The second kappa shape index (κ2) is 4.39. The highest BCUT2D eigenvalue weighted by molar-refractivity contribution is 6.19. The summed E-state index contributed by atoms with van der Waals surface area (Å²) < 4.78 is 1.96. The van der Waals surface area contributed by atoms with Crippen molar-refractivity contribution in [1.82, 2.24) is 14.8 Å². The van der Waals surface area contributed by atoms with Crippen LogP contribution in [0.1, 0.15) is 33.6 Å². The number of aryl methyl sites for hydroxylation is 3. The Kier molecular flexibility index (Phi) is 2.36. The fourth-order valence-corrected chi connectivity index (χ4v) is 4.91. The Balaban J connectivity index is 1.87. The van der Waals surface area contributed by atoms with Gasteiger partial charge in [0.25, 0.3) is 0 Å². The molecule has 122 valence electrons. The Labute approximate surface area is 144 Å². The molecule has 4 heteroatoms. The highest BCUT2D eigenvalue weighted by Crippen LogP contribution is 2.46. The third kappa shape index (κ3) is 1.53. The summed E-state index contributed by atoms with van der Waals surface area (Å²) in [5.74, 6) is 0.287. The smallest absolute Gasteiger partial charge is 0.164 e. The van der Waals surface area contributed by atoms with Crippen LogP contribution in [-0.2, 0) is 26.3 Å². The van der Waals surface area contributed by atoms with Gasteiger partial charge in [0, 0.05) is 52.1 Å². The van der Waals surface area contributed by atoms with Crippen LogP contribution in [0.25, 0.3) is 32.9 Å². The molecule has 0 atom stereocenters. The molecular formula is C21H17N3O. The average Bonchev–Trinajstić information content (AvgIpc) is 3.30. The van der Waals surface area contributed by atoms with Crippen LogP contribution >= 0.6 is 0 Å². The number of aromatic amines is 1. The number of nitrogens with one attached hydrogen (secondary N) is 1. The van der Waals surface area contributed by atoms with Crippen LogP contribution in [0.2, 0.25) is 0 Å². The normalized spacial score (nSPS) is 15.6. The van der Waals surface area contributed by atoms with Gasteiger partial charge in [0.15, 0.2) is 5.78 Å². The van der Waals surface area contributed by atoms with Gasteiger partial charge in [-0.1, -0.05) is 18.2 Å². The Morgan fingerprint density at radius 1 is 1.04 bits per heavy atom. The molecule has 0 radical (unpaired) electrons. The lowest BCUT2D eigenvalue weighted by molar-refractivity contribution is 0.0995. The van der Waals surface area contributed by atoms with E-state index in [-0.39, 0.29) is 5.78 Å². The Morgan fingerprint density at radius 2 is 1.88 bits per heavy atom. The summed E-state index contributed by atoms with van der Waals surface area (Å²) in [6, 6.07) is 8.44. The number of fused-ring (bicyclic) bond motifs is 10. The van der Waals surface area contributed by atoms with E-state index in [0.717, 1.165) is 41.5 Å². The average molecular weight is 327 g/mol. The van der Waals surface area contributed by atoms with Crippen molar-refractivity contribution in [1.29, 1.82) is 0 Å². The van der Waals surface area contributed by atoms with Crippen LogP contribution in [0.15, 0.2) is 30.5 Å². The highest BCUT2D eigenvalue weighted by Gasteiger charge is 2.34. The Morgan fingerprint density at radius 3 is 2.80 bits per heavy atom. The maximum Gasteiger partial charge on any atom is 0.164 e. The molecule has 2 aliphatic carbocycles. The van der Waals surface area contributed by atoms with Gasteiger partial charge >= 0.3 is 0 Å². The molecule has 25 heavy (non-hydrogen) atoms. The molecule has 6 rings (SSSR count). The number of para-hydroxylation sites is 1. The van der Waals surface area contributed by atoms with Crippen molar-refractivity contribution >= 4 is 27.6 Å². The van der Waals surface area contributed by atoms with E-state index in [4.69, 9.17) is 0 Å². The molecular weight excluding hydrogens is 310 g/mol. The molecule has 1 N–H and O–H groups in total. The molecule has 0 spiro atoms. The van der Waals surface area contributed by atoms with Crippen molar-refractivity contribution in [2.45, 2.75) is 25.7 Å². The minimum atomic E-state index is 0.287. The van der Waals surface area contributed by atoms with E-state index in [2.05, 4.69) is 34.3 Å². The van der Waals surface area contributed by atoms with E-state index < -0.39 is 0 Å². The summed E-state index contributed by atoms with van der Waals surface area (Å²) in [6.45, 7) is 0. The Bertz CT molecular complexity index is 1230. The summed E-state index contributed by atoms with van der Waals surface area (Å²) >= 11 is 0. The molecule has 0 unspecified atom stereocenters. The zero-order chi connectivity index (χ0) is 16.7. The SMILES string of the molecule is Cn1ncc2c1CCc1c-2c2c(c3c1[nH]c1ccccc13)CCC2=O. The molecule has 4 nitrogen and oxygen atoms in total. The lowest BCUT2D eigenvalue weighted by Gasteiger charge is -2.21. The molecule has 2 heterocycles. The predicted octanol–water partition coefficient (Wildman–Crippen LogP) is 3.95. The van der Waals surface area contributed by atoms with Crippen molar-refractivity contribution in [2.24, 2.45) is 7.05 Å². The molecule has 2 aromatic heterocycles. The fraction of sp³-hybridized carbons (Fsp3) is 0.238. The standard InChI is InChI=1S/C21H17N3O/c1-24-16-8-6-13-18(14(16)10-22-24)20-12(7-9-17(20)25)19-11-4-2-3-5-15(11)23-21(13)19/h2-5,10,23H,6-9H2,1H3. The number of carbonyl (C=O) groups excluding carboxylic acids is 1. The van der Waals surface area contributed by atoms with E-state index in [1.807, 2.05) is 17.9 Å². The van der Waals surface area contributed by atoms with Gasteiger partial charge in [0.2, 0.25) is 0 Å². The summed E-state index contributed by atoms with van der Waals surface area (Å²) in [6.07, 6.45) is 5.32. The second-order valence-corrected chi connectivity index (χ2v) is 7.18. The summed E-state index contributed by atoms with van der Waals surface area (Å²) in [5, 5.41) is 6.97. The van der Waals surface area contributed by atoms with Crippen LogP contribution in [0, 0.1) is 0 Å². The van der Waals surface area contributed by atoms with Crippen molar-refractivity contribution in [3.63, 3.8) is 0 Å². The summed E-state index contributed by atoms with van der Waals surface area (Å²) in [7, 11) is 1.99. The zero-order valence-electron chi connectivity index (χ0n) is 14.0. The molecule has 0 saturated heterocycles. The molecule has 2 aliphatic rings. The molecule has 4 aromatic rings. The zero-order valence-corrected chi connectivity index (χ0v) is 14.0. The molecule has 0 aliphatic heterocycles. The first kappa shape index (κ1) is 13.4. The van der Waals surface area contributed by atoms with E-state index in [1.54, 1.807) is 0 Å². The number of ketones is 1. The van der Waals surface area contributed by atoms with Gasteiger partial charge in [-0.25, -0.2) is 0 Å². The Hall–Kier alpha value is -2.88. The van der Waals surface area contributed by atoms with Gasteiger partial charge in [-0.15, -0.1) is 0 Å². The number of H-pyrrole nitrogens is 1. The van der Waals surface area contributed by atoms with E-state index >= 15 is 0 Å². The molecule has 0 saturated carbocycles. The summed E-state index contributed by atoms with van der Waals surface area (Å²) in [5.41, 5.74) is 9.39. The van der Waals surface area contributed by atoms with Crippen molar-refractivity contribution in [2.75, 3.05) is 0 Å². The van der Waals surface area contributed by atoms with Crippen LogP contribution in [0.5, 0.6) is 0 Å². The van der Waals surface area contributed by atoms with Gasteiger partial charge in [-0.2, -0.15) is 5.10 Å². The molecule has 0 bridgehead atoms. The monoisotopic (exact) mass is 327 g/mol. The lowest BCUT2D eigenvalue weighted by atomic mass is 9.82. The first-order chi connectivity index (χ1) is 12.2. The number of Topliss-reactive ketones (excluding diaryl/α,β-unsaturated/α-hetero) is 1. The van der Waals surface area contributed by atoms with Crippen LogP contribution in [0.4, 0.5) is 0 Å². The van der Waals surface area contributed by atoms with Crippen molar-refractivity contribution in [3.05, 3.63) is 52.8 Å². The molecule has 0 amide bonds. The maximum absolute atomic E-state index is 12.8. The van der Waals surface area contributed by atoms with E-state index in [9.17, 15) is 4.79 Å². The lowest BCUT2D eigenvalue weighted by Crippen LogP contribution is -2.11. The highest BCUT2D eigenvalue weighted by atomic mass is 16.1. The van der Waals surface area contributed by atoms with Gasteiger partial charge < -0.3 is 4.98 Å². The minimum absolute atomic E-state index is 0.287. The topological polar surface area (TPSA) is 50.7 Å². The fourth-order valence-electron chi connectivity index (χ4n) is 4.91. The number of carbonyl (C=O) groups is 1. The summed E-state index contributed by atoms with van der Waals surface area (Å²) in [4.78, 5) is 16.5. The number of hydrogen-bond acceptors (Lipinski definition) is 2. The first-order valence-electron chi connectivity index (χ1n) is 8.86. The quantitative estimate of drug-likeness (QED) is 0.532. The first-order valence-corrected chi connectivity index (χ1v) is 8.86. The number of nitrogens with zero attached hydrogens (tertiary/aromatic N) is 2. The predicted molar refractivity (Wildman–Crippen MR) is 98.1 cm³/mol. The van der Waals surface area contributed by atoms with Gasteiger partial charge in [-0.3, -0.25) is 9.48 Å². The second-order valence-electron chi connectivity index (χ2n) is 7.18. The van der Waals surface area contributed by atoms with Crippen molar-refractivity contribution < 1.29 is 4.79 Å². The van der Waals surface area contributed by atoms with Gasteiger partial charge in [0.1, 0.15) is 0 Å². The maximum atomic E-state index is 12.8. The number of hydrogen-bond donors (Lipinski definition) is 1. The van der Waals surface area contributed by atoms with Crippen molar-refractivity contribution in [3.8, 4) is 11.1 Å². The van der Waals surface area contributed by atoms with Crippen LogP contribution in [-0.4, -0.2) is 20.5 Å². The molecule has 2 aromatic carbocycles. The third-order valence-corrected chi connectivity index (χ3v) is 5.99. The number of aromatic nitrogens is 3. The van der Waals surface area contributed by atoms with Crippen LogP contribution < -0.4 is 0 Å². The number of rotatable bonds is 0. The van der Waals surface area contributed by atoms with Crippen LogP contribution in [0.3, 0.4) is 0 Å². The van der Waals surface area contributed by atoms with Gasteiger partial charge in [-0.05, 0) is 36.5 Å².